The van der Waals surface area contributed by atoms with Gasteiger partial charge in [0.05, 0.1) is 17.3 Å². The van der Waals surface area contributed by atoms with E-state index >= 15 is 0 Å². The molecular formula is C21H15N3O4. The van der Waals surface area contributed by atoms with E-state index in [1.54, 1.807) is 36.7 Å². The summed E-state index contributed by atoms with van der Waals surface area (Å²) in [4.78, 5) is 32.3. The first kappa shape index (κ1) is 17.4. The molecule has 0 aliphatic rings. The van der Waals surface area contributed by atoms with E-state index in [9.17, 15) is 14.7 Å². The molecule has 0 saturated heterocycles. The SMILES string of the molecule is O=C(O)c1cn(-c2ccc(OCc3ccccc3)nc2)c2ncccc2c1=O. The maximum absolute atomic E-state index is 12.4. The lowest BCUT2D eigenvalue weighted by Crippen LogP contribution is -2.19. The van der Waals surface area contributed by atoms with Crippen molar-refractivity contribution in [2.75, 3.05) is 0 Å². The first-order chi connectivity index (χ1) is 13.6. The number of carboxylic acid groups (broad SMARTS) is 1. The molecular weight excluding hydrogens is 358 g/mol. The van der Waals surface area contributed by atoms with Crippen LogP contribution in [0.4, 0.5) is 0 Å². The van der Waals surface area contributed by atoms with E-state index in [2.05, 4.69) is 9.97 Å². The molecule has 0 fully saturated rings. The van der Waals surface area contributed by atoms with E-state index in [0.29, 0.717) is 23.8 Å². The lowest BCUT2D eigenvalue weighted by molar-refractivity contribution is 0.0695. The fourth-order valence-electron chi connectivity index (χ4n) is 2.84. The fraction of sp³-hybridized carbons (Fsp3) is 0.0476. The highest BCUT2D eigenvalue weighted by Gasteiger charge is 2.16. The summed E-state index contributed by atoms with van der Waals surface area (Å²) in [7, 11) is 0. The monoisotopic (exact) mass is 373 g/mol. The summed E-state index contributed by atoms with van der Waals surface area (Å²) >= 11 is 0. The Morgan fingerprint density at radius 1 is 1.04 bits per heavy atom. The first-order valence-electron chi connectivity index (χ1n) is 8.50. The lowest BCUT2D eigenvalue weighted by Gasteiger charge is -2.12. The molecule has 4 rings (SSSR count). The molecule has 0 saturated carbocycles. The van der Waals surface area contributed by atoms with Gasteiger partial charge < -0.3 is 9.84 Å². The van der Waals surface area contributed by atoms with E-state index in [4.69, 9.17) is 4.74 Å². The number of nitrogens with zero attached hydrogens (tertiary/aromatic N) is 3. The molecule has 3 aromatic heterocycles. The second kappa shape index (κ2) is 7.32. The van der Waals surface area contributed by atoms with Crippen LogP contribution in [-0.4, -0.2) is 25.6 Å². The molecule has 0 atom stereocenters. The molecule has 0 unspecified atom stereocenters. The van der Waals surface area contributed by atoms with Crippen LogP contribution in [0.2, 0.25) is 0 Å². The van der Waals surface area contributed by atoms with Crippen LogP contribution in [-0.2, 0) is 6.61 Å². The van der Waals surface area contributed by atoms with Gasteiger partial charge in [0.15, 0.2) is 0 Å². The quantitative estimate of drug-likeness (QED) is 0.578. The summed E-state index contributed by atoms with van der Waals surface area (Å²) in [6, 6.07) is 16.3. The second-order valence-electron chi connectivity index (χ2n) is 6.05. The molecule has 3 heterocycles. The predicted molar refractivity (Wildman–Crippen MR) is 103 cm³/mol. The van der Waals surface area contributed by atoms with Crippen LogP contribution in [0.3, 0.4) is 0 Å². The van der Waals surface area contributed by atoms with Crippen LogP contribution in [0, 0.1) is 0 Å². The highest BCUT2D eigenvalue weighted by Crippen LogP contribution is 2.18. The van der Waals surface area contributed by atoms with Crippen molar-refractivity contribution in [3.05, 3.63) is 94.5 Å². The third-order valence-electron chi connectivity index (χ3n) is 4.22. The molecule has 138 valence electrons. The Morgan fingerprint density at radius 3 is 2.57 bits per heavy atom. The van der Waals surface area contributed by atoms with Gasteiger partial charge in [-0.1, -0.05) is 30.3 Å². The van der Waals surface area contributed by atoms with E-state index < -0.39 is 11.4 Å². The molecule has 0 spiro atoms. The second-order valence-corrected chi connectivity index (χ2v) is 6.05. The minimum absolute atomic E-state index is 0.229. The Morgan fingerprint density at radius 2 is 1.86 bits per heavy atom. The third-order valence-corrected chi connectivity index (χ3v) is 4.22. The third kappa shape index (κ3) is 3.33. The van der Waals surface area contributed by atoms with Crippen LogP contribution >= 0.6 is 0 Å². The topological polar surface area (TPSA) is 94.3 Å². The molecule has 7 nitrogen and oxygen atoms in total. The number of carboxylic acids is 1. The Kier molecular flexibility index (Phi) is 4.55. The van der Waals surface area contributed by atoms with Crippen LogP contribution < -0.4 is 10.2 Å². The van der Waals surface area contributed by atoms with Crippen LogP contribution in [0.15, 0.2) is 78.0 Å². The number of rotatable bonds is 5. The smallest absolute Gasteiger partial charge is 0.341 e. The van der Waals surface area contributed by atoms with Gasteiger partial charge in [-0.05, 0) is 23.8 Å². The minimum atomic E-state index is -1.29. The van der Waals surface area contributed by atoms with E-state index in [-0.39, 0.29) is 10.9 Å². The van der Waals surface area contributed by atoms with Gasteiger partial charge in [-0.25, -0.2) is 14.8 Å². The first-order valence-corrected chi connectivity index (χ1v) is 8.50. The van der Waals surface area contributed by atoms with Crippen molar-refractivity contribution in [3.8, 4) is 11.6 Å². The number of hydrogen-bond donors (Lipinski definition) is 1. The Hall–Kier alpha value is -4.00. The van der Waals surface area contributed by atoms with E-state index in [1.807, 2.05) is 30.3 Å². The van der Waals surface area contributed by atoms with Gasteiger partial charge in [-0.3, -0.25) is 9.36 Å². The van der Waals surface area contributed by atoms with Gasteiger partial charge in [-0.2, -0.15) is 0 Å². The molecule has 28 heavy (non-hydrogen) atoms. The zero-order valence-electron chi connectivity index (χ0n) is 14.6. The average Bonchev–Trinajstić information content (AvgIpc) is 2.74. The summed E-state index contributed by atoms with van der Waals surface area (Å²) < 4.78 is 7.21. The minimum Gasteiger partial charge on any atom is -0.477 e. The number of aromatic carboxylic acids is 1. The maximum atomic E-state index is 12.4. The number of ether oxygens (including phenoxy) is 1. The van der Waals surface area contributed by atoms with Gasteiger partial charge in [0.25, 0.3) is 0 Å². The highest BCUT2D eigenvalue weighted by molar-refractivity contribution is 5.92. The summed E-state index contributed by atoms with van der Waals surface area (Å²) in [5, 5.41) is 9.58. The molecule has 0 radical (unpaired) electrons. The van der Waals surface area contributed by atoms with Crippen molar-refractivity contribution in [2.45, 2.75) is 6.61 Å². The molecule has 0 aliphatic heterocycles. The Labute approximate surface area is 159 Å². The number of pyridine rings is 3. The maximum Gasteiger partial charge on any atom is 0.341 e. The van der Waals surface area contributed by atoms with Gasteiger partial charge in [0.2, 0.25) is 11.3 Å². The van der Waals surface area contributed by atoms with Crippen molar-refractivity contribution >= 4 is 17.0 Å². The van der Waals surface area contributed by atoms with Crippen molar-refractivity contribution in [3.63, 3.8) is 0 Å². The molecule has 0 amide bonds. The Balaban J connectivity index is 1.69. The van der Waals surface area contributed by atoms with Gasteiger partial charge in [0.1, 0.15) is 17.8 Å². The molecule has 4 aromatic rings. The predicted octanol–water partition coefficient (Wildman–Crippen LogP) is 3.06. The molecule has 1 N–H and O–H groups in total. The van der Waals surface area contributed by atoms with E-state index in [1.165, 1.54) is 10.8 Å². The number of fused-ring (bicyclic) bond motifs is 1. The zero-order chi connectivity index (χ0) is 19.5. The lowest BCUT2D eigenvalue weighted by atomic mass is 10.2. The highest BCUT2D eigenvalue weighted by atomic mass is 16.5. The number of aromatic nitrogens is 3. The molecule has 0 bridgehead atoms. The van der Waals surface area contributed by atoms with Crippen molar-refractivity contribution in [1.82, 2.24) is 14.5 Å². The number of carbonyl (C=O) groups is 1. The van der Waals surface area contributed by atoms with Gasteiger partial charge >= 0.3 is 5.97 Å². The normalized spacial score (nSPS) is 10.7. The average molecular weight is 373 g/mol. The molecule has 1 aromatic carbocycles. The van der Waals surface area contributed by atoms with Gasteiger partial charge in [0, 0.05) is 18.5 Å². The summed E-state index contributed by atoms with van der Waals surface area (Å²) in [5.41, 5.74) is 1.05. The summed E-state index contributed by atoms with van der Waals surface area (Å²) in [5.74, 6) is -0.857. The Bertz CT molecular complexity index is 1200. The standard InChI is InChI=1S/C21H15N3O4/c25-19-16-7-4-10-22-20(16)24(12-17(19)21(26)27)15-8-9-18(23-11-15)28-13-14-5-2-1-3-6-14/h1-12H,13H2,(H,26,27). The van der Waals surface area contributed by atoms with Gasteiger partial charge in [-0.15, -0.1) is 0 Å². The summed E-state index contributed by atoms with van der Waals surface area (Å²) in [6.07, 6.45) is 4.36. The van der Waals surface area contributed by atoms with Crippen LogP contribution in [0.1, 0.15) is 15.9 Å². The van der Waals surface area contributed by atoms with Crippen LogP contribution in [0.5, 0.6) is 5.88 Å². The number of hydrogen-bond acceptors (Lipinski definition) is 5. The van der Waals surface area contributed by atoms with Crippen LogP contribution in [0.25, 0.3) is 16.7 Å². The van der Waals surface area contributed by atoms with Crippen molar-refractivity contribution in [1.29, 1.82) is 0 Å². The van der Waals surface area contributed by atoms with Crippen molar-refractivity contribution < 1.29 is 14.6 Å². The summed E-state index contributed by atoms with van der Waals surface area (Å²) in [6.45, 7) is 0.388. The molecule has 0 aliphatic carbocycles. The van der Waals surface area contributed by atoms with E-state index in [0.717, 1.165) is 5.56 Å². The fourth-order valence-corrected chi connectivity index (χ4v) is 2.84. The number of benzene rings is 1. The molecule has 7 heteroatoms. The zero-order valence-corrected chi connectivity index (χ0v) is 14.6. The largest absolute Gasteiger partial charge is 0.477 e. The van der Waals surface area contributed by atoms with Crippen molar-refractivity contribution in [2.24, 2.45) is 0 Å².